The Morgan fingerprint density at radius 2 is 2.05 bits per heavy atom. The summed E-state index contributed by atoms with van der Waals surface area (Å²) in [6.07, 6.45) is 6.03. The molecule has 2 aliphatic rings. The van der Waals surface area contributed by atoms with E-state index < -0.39 is 0 Å². The normalized spacial score (nSPS) is 22.3. The van der Waals surface area contributed by atoms with Gasteiger partial charge in [-0.25, -0.2) is 4.98 Å². The Morgan fingerprint density at radius 1 is 1.35 bits per heavy atom. The van der Waals surface area contributed by atoms with Gasteiger partial charge in [-0.1, -0.05) is 18.5 Å². The molecule has 1 aliphatic heterocycles. The van der Waals surface area contributed by atoms with Crippen LogP contribution in [0, 0.1) is 0 Å². The third-order valence-electron chi connectivity index (χ3n) is 3.91. The molecular formula is C14H19ClN2O3. The van der Waals surface area contributed by atoms with E-state index in [2.05, 4.69) is 9.97 Å². The van der Waals surface area contributed by atoms with Gasteiger partial charge in [0.15, 0.2) is 5.79 Å². The molecule has 1 aromatic rings. The van der Waals surface area contributed by atoms with Gasteiger partial charge in [-0.05, 0) is 19.3 Å². The quantitative estimate of drug-likeness (QED) is 0.859. The van der Waals surface area contributed by atoms with E-state index in [0.29, 0.717) is 24.2 Å². The standard InChI is InChI=1S/C14H19ClN2O3/c1-2-12-11(15)9-16-13(17-12)20-10-3-5-14(6-4-10)18-7-8-19-14/h9-10H,2-8H2,1H3. The van der Waals surface area contributed by atoms with Crippen molar-refractivity contribution >= 4 is 11.6 Å². The van der Waals surface area contributed by atoms with Crippen molar-refractivity contribution in [3.05, 3.63) is 16.9 Å². The minimum absolute atomic E-state index is 0.124. The predicted molar refractivity (Wildman–Crippen MR) is 73.9 cm³/mol. The van der Waals surface area contributed by atoms with E-state index in [1.807, 2.05) is 6.92 Å². The number of nitrogens with zero attached hydrogens (tertiary/aromatic N) is 2. The van der Waals surface area contributed by atoms with E-state index in [-0.39, 0.29) is 11.9 Å². The van der Waals surface area contributed by atoms with Gasteiger partial charge >= 0.3 is 6.01 Å². The molecule has 1 aliphatic carbocycles. The first-order valence-corrected chi connectivity index (χ1v) is 7.54. The number of aromatic nitrogens is 2. The van der Waals surface area contributed by atoms with E-state index >= 15 is 0 Å². The van der Waals surface area contributed by atoms with Crippen molar-refractivity contribution in [2.24, 2.45) is 0 Å². The van der Waals surface area contributed by atoms with Gasteiger partial charge < -0.3 is 14.2 Å². The lowest BCUT2D eigenvalue weighted by atomic mass is 9.92. The third-order valence-corrected chi connectivity index (χ3v) is 4.23. The zero-order valence-electron chi connectivity index (χ0n) is 11.6. The van der Waals surface area contributed by atoms with Crippen LogP contribution >= 0.6 is 11.6 Å². The average Bonchev–Trinajstić information content (AvgIpc) is 2.92. The van der Waals surface area contributed by atoms with Crippen LogP contribution in [0.4, 0.5) is 0 Å². The second kappa shape index (κ2) is 5.84. The first kappa shape index (κ1) is 14.0. The SMILES string of the molecule is CCc1nc(OC2CCC3(CC2)OCCO3)ncc1Cl. The summed E-state index contributed by atoms with van der Waals surface area (Å²) in [4.78, 5) is 8.49. The molecule has 1 aromatic heterocycles. The van der Waals surface area contributed by atoms with Crippen LogP contribution < -0.4 is 4.74 Å². The molecule has 5 nitrogen and oxygen atoms in total. The van der Waals surface area contributed by atoms with Crippen molar-refractivity contribution in [3.63, 3.8) is 0 Å². The molecule has 6 heteroatoms. The van der Waals surface area contributed by atoms with Crippen LogP contribution in [-0.2, 0) is 15.9 Å². The second-order valence-corrected chi connectivity index (χ2v) is 5.63. The molecule has 20 heavy (non-hydrogen) atoms. The van der Waals surface area contributed by atoms with E-state index in [0.717, 1.165) is 37.8 Å². The molecule has 3 rings (SSSR count). The lowest BCUT2D eigenvalue weighted by molar-refractivity contribution is -0.186. The first-order chi connectivity index (χ1) is 9.71. The summed E-state index contributed by atoms with van der Waals surface area (Å²) >= 11 is 6.01. The number of hydrogen-bond donors (Lipinski definition) is 0. The van der Waals surface area contributed by atoms with E-state index in [4.69, 9.17) is 25.8 Å². The van der Waals surface area contributed by atoms with Gasteiger partial charge in [0, 0.05) is 12.8 Å². The van der Waals surface area contributed by atoms with Crippen molar-refractivity contribution in [1.29, 1.82) is 0 Å². The molecule has 0 amide bonds. The fourth-order valence-electron chi connectivity index (χ4n) is 2.77. The van der Waals surface area contributed by atoms with Crippen LogP contribution in [0.5, 0.6) is 6.01 Å². The van der Waals surface area contributed by atoms with Crippen LogP contribution in [-0.4, -0.2) is 35.1 Å². The molecule has 2 fully saturated rings. The first-order valence-electron chi connectivity index (χ1n) is 7.17. The Kier molecular flexibility index (Phi) is 4.10. The summed E-state index contributed by atoms with van der Waals surface area (Å²) in [6.45, 7) is 3.41. The van der Waals surface area contributed by atoms with Crippen molar-refractivity contribution in [1.82, 2.24) is 9.97 Å². The van der Waals surface area contributed by atoms with Crippen LogP contribution in [0.25, 0.3) is 0 Å². The van der Waals surface area contributed by atoms with Crippen LogP contribution in [0.1, 0.15) is 38.3 Å². The van der Waals surface area contributed by atoms with Crippen molar-refractivity contribution in [3.8, 4) is 6.01 Å². The molecular weight excluding hydrogens is 280 g/mol. The molecule has 0 unspecified atom stereocenters. The highest BCUT2D eigenvalue weighted by molar-refractivity contribution is 6.31. The highest BCUT2D eigenvalue weighted by Crippen LogP contribution is 2.36. The van der Waals surface area contributed by atoms with Gasteiger partial charge in [0.2, 0.25) is 0 Å². The zero-order valence-corrected chi connectivity index (χ0v) is 12.4. The van der Waals surface area contributed by atoms with Crippen LogP contribution in [0.2, 0.25) is 5.02 Å². The Hall–Kier alpha value is -0.910. The highest BCUT2D eigenvalue weighted by atomic mass is 35.5. The van der Waals surface area contributed by atoms with Gasteiger partial charge in [0.1, 0.15) is 6.10 Å². The fourth-order valence-corrected chi connectivity index (χ4v) is 3.00. The second-order valence-electron chi connectivity index (χ2n) is 5.23. The maximum Gasteiger partial charge on any atom is 0.316 e. The van der Waals surface area contributed by atoms with E-state index in [1.54, 1.807) is 6.20 Å². The number of ether oxygens (including phenoxy) is 3. The maximum atomic E-state index is 6.01. The summed E-state index contributed by atoms with van der Waals surface area (Å²) in [5, 5.41) is 0.593. The molecule has 1 spiro atoms. The highest BCUT2D eigenvalue weighted by Gasteiger charge is 2.41. The van der Waals surface area contributed by atoms with Gasteiger partial charge in [-0.2, -0.15) is 4.98 Å². The monoisotopic (exact) mass is 298 g/mol. The fraction of sp³-hybridized carbons (Fsp3) is 0.714. The topological polar surface area (TPSA) is 53.5 Å². The smallest absolute Gasteiger partial charge is 0.316 e. The largest absolute Gasteiger partial charge is 0.460 e. The molecule has 0 N–H and O–H groups in total. The van der Waals surface area contributed by atoms with Gasteiger partial charge in [0.05, 0.1) is 30.1 Å². The number of halogens is 1. The minimum atomic E-state index is -0.352. The molecule has 0 radical (unpaired) electrons. The minimum Gasteiger partial charge on any atom is -0.460 e. The number of aryl methyl sites for hydroxylation is 1. The Labute approximate surface area is 123 Å². The lowest BCUT2D eigenvalue weighted by Crippen LogP contribution is -2.38. The predicted octanol–water partition coefficient (Wildman–Crippen LogP) is 2.76. The van der Waals surface area contributed by atoms with Gasteiger partial charge in [0.25, 0.3) is 0 Å². The number of rotatable bonds is 3. The molecule has 1 saturated carbocycles. The zero-order chi connectivity index (χ0) is 14.0. The van der Waals surface area contributed by atoms with Gasteiger partial charge in [-0.15, -0.1) is 0 Å². The summed E-state index contributed by atoms with van der Waals surface area (Å²) in [7, 11) is 0. The molecule has 110 valence electrons. The third kappa shape index (κ3) is 2.90. The maximum absolute atomic E-state index is 6.01. The van der Waals surface area contributed by atoms with E-state index in [1.165, 1.54) is 0 Å². The van der Waals surface area contributed by atoms with Crippen molar-refractivity contribution in [2.45, 2.75) is 50.9 Å². The molecule has 0 aromatic carbocycles. The molecule has 0 bridgehead atoms. The summed E-state index contributed by atoms with van der Waals surface area (Å²) in [5.41, 5.74) is 0.825. The van der Waals surface area contributed by atoms with Crippen LogP contribution in [0.15, 0.2) is 6.20 Å². The Balaban J connectivity index is 1.59. The molecule has 0 atom stereocenters. The molecule has 1 saturated heterocycles. The average molecular weight is 299 g/mol. The van der Waals surface area contributed by atoms with Crippen molar-refractivity contribution < 1.29 is 14.2 Å². The summed E-state index contributed by atoms with van der Waals surface area (Å²) in [6, 6.07) is 0.417. The lowest BCUT2D eigenvalue weighted by Gasteiger charge is -2.34. The van der Waals surface area contributed by atoms with Crippen LogP contribution in [0.3, 0.4) is 0 Å². The van der Waals surface area contributed by atoms with Crippen molar-refractivity contribution in [2.75, 3.05) is 13.2 Å². The summed E-state index contributed by atoms with van der Waals surface area (Å²) in [5.74, 6) is -0.352. The Morgan fingerprint density at radius 3 is 2.70 bits per heavy atom. The van der Waals surface area contributed by atoms with Gasteiger partial charge in [-0.3, -0.25) is 0 Å². The summed E-state index contributed by atoms with van der Waals surface area (Å²) < 4.78 is 17.3. The van der Waals surface area contributed by atoms with E-state index in [9.17, 15) is 0 Å². The molecule has 2 heterocycles. The Bertz CT molecular complexity index is 467. The number of hydrogen-bond acceptors (Lipinski definition) is 5.